The van der Waals surface area contributed by atoms with Crippen LogP contribution in [-0.2, 0) is 0 Å². The third-order valence-corrected chi connectivity index (χ3v) is 4.04. The van der Waals surface area contributed by atoms with Crippen molar-refractivity contribution in [1.82, 2.24) is 16.2 Å². The van der Waals surface area contributed by atoms with Gasteiger partial charge in [0.2, 0.25) is 0 Å². The third-order valence-electron chi connectivity index (χ3n) is 3.08. The summed E-state index contributed by atoms with van der Waals surface area (Å²) in [5.41, 5.74) is 5.23. The molecule has 26 heavy (non-hydrogen) atoms. The molecule has 0 heterocycles. The molecule has 0 bridgehead atoms. The first-order valence-electron chi connectivity index (χ1n) is 7.02. The fraction of sp³-hybridized carbons (Fsp3) is 0.0625. The number of carbonyl (C=O) groups is 2. The summed E-state index contributed by atoms with van der Waals surface area (Å²) in [6.45, 7) is 0. The van der Waals surface area contributed by atoms with E-state index in [2.05, 4.69) is 16.2 Å². The van der Waals surface area contributed by atoms with Crippen LogP contribution in [-0.4, -0.2) is 24.0 Å². The van der Waals surface area contributed by atoms with Crippen LogP contribution in [0.2, 0.25) is 15.1 Å². The number of hydrazine groups is 1. The van der Waals surface area contributed by atoms with E-state index in [1.54, 1.807) is 24.3 Å². The molecule has 136 valence electrons. The van der Waals surface area contributed by atoms with Gasteiger partial charge in [-0.05, 0) is 48.6 Å². The smallest absolute Gasteiger partial charge is 0.269 e. The number of halogens is 3. The van der Waals surface area contributed by atoms with Crippen molar-refractivity contribution in [3.05, 3.63) is 62.6 Å². The van der Waals surface area contributed by atoms with Crippen LogP contribution in [0.1, 0.15) is 20.7 Å². The molecule has 3 N–H and O–H groups in total. The highest BCUT2D eigenvalue weighted by Crippen LogP contribution is 2.32. The standard InChI is InChI=1S/C16H12Cl3N3O3S/c1-25-13-11(6-10(18)7-12(13)19)15(24)20-16(26)22-21-14(23)8-2-4-9(17)5-3-8/h2-7H,1H3,(H,21,23)(H2,20,22,24,26). The van der Waals surface area contributed by atoms with Gasteiger partial charge in [0.1, 0.15) is 5.75 Å². The van der Waals surface area contributed by atoms with Crippen LogP contribution < -0.4 is 20.9 Å². The summed E-state index contributed by atoms with van der Waals surface area (Å²) >= 11 is 22.6. The number of amides is 2. The van der Waals surface area contributed by atoms with Crippen molar-refractivity contribution in [3.63, 3.8) is 0 Å². The van der Waals surface area contributed by atoms with Crippen LogP contribution in [0.4, 0.5) is 0 Å². The molecule has 0 spiro atoms. The van der Waals surface area contributed by atoms with Gasteiger partial charge in [0.05, 0.1) is 17.7 Å². The lowest BCUT2D eigenvalue weighted by Crippen LogP contribution is -2.48. The lowest BCUT2D eigenvalue weighted by Gasteiger charge is -2.13. The van der Waals surface area contributed by atoms with Crippen LogP contribution >= 0.6 is 47.0 Å². The molecule has 0 saturated heterocycles. The molecule has 10 heteroatoms. The van der Waals surface area contributed by atoms with E-state index in [4.69, 9.17) is 51.8 Å². The highest BCUT2D eigenvalue weighted by atomic mass is 35.5. The number of benzene rings is 2. The molecule has 6 nitrogen and oxygen atoms in total. The van der Waals surface area contributed by atoms with Crippen LogP contribution in [0.25, 0.3) is 0 Å². The van der Waals surface area contributed by atoms with Gasteiger partial charge in [-0.25, -0.2) is 0 Å². The summed E-state index contributed by atoms with van der Waals surface area (Å²) in [5.74, 6) is -0.910. The molecule has 0 unspecified atom stereocenters. The van der Waals surface area contributed by atoms with Gasteiger partial charge < -0.3 is 4.74 Å². The van der Waals surface area contributed by atoms with Crippen LogP contribution in [0.15, 0.2) is 36.4 Å². The van der Waals surface area contributed by atoms with Crippen molar-refractivity contribution in [2.45, 2.75) is 0 Å². The Balaban J connectivity index is 1.98. The Morgan fingerprint density at radius 2 is 1.62 bits per heavy atom. The minimum Gasteiger partial charge on any atom is -0.494 e. The average molecular weight is 433 g/mol. The number of hydrogen-bond donors (Lipinski definition) is 3. The molecule has 0 aromatic heterocycles. The molecular formula is C16H12Cl3N3O3S. The fourth-order valence-electron chi connectivity index (χ4n) is 1.93. The predicted octanol–water partition coefficient (Wildman–Crippen LogP) is 3.60. The molecular weight excluding hydrogens is 421 g/mol. The zero-order valence-corrected chi connectivity index (χ0v) is 16.3. The van der Waals surface area contributed by atoms with Gasteiger partial charge in [-0.1, -0.05) is 34.8 Å². The molecule has 2 aromatic rings. The highest BCUT2D eigenvalue weighted by molar-refractivity contribution is 7.80. The van der Waals surface area contributed by atoms with Gasteiger partial charge in [-0.2, -0.15) is 0 Å². The number of ether oxygens (including phenoxy) is 1. The molecule has 0 aliphatic carbocycles. The summed E-state index contributed by atoms with van der Waals surface area (Å²) in [6, 6.07) is 9.06. The van der Waals surface area contributed by atoms with E-state index in [0.717, 1.165) is 0 Å². The van der Waals surface area contributed by atoms with Gasteiger partial charge in [0.15, 0.2) is 5.11 Å². The van der Waals surface area contributed by atoms with Crippen molar-refractivity contribution < 1.29 is 14.3 Å². The molecule has 0 fully saturated rings. The van der Waals surface area contributed by atoms with Crippen molar-refractivity contribution in [2.24, 2.45) is 0 Å². The Bertz CT molecular complexity index is 860. The Morgan fingerprint density at radius 3 is 2.23 bits per heavy atom. The van der Waals surface area contributed by atoms with Crippen LogP contribution in [0, 0.1) is 0 Å². The van der Waals surface area contributed by atoms with Gasteiger partial charge in [0, 0.05) is 15.6 Å². The average Bonchev–Trinajstić information content (AvgIpc) is 2.59. The Morgan fingerprint density at radius 1 is 0.962 bits per heavy atom. The van der Waals surface area contributed by atoms with Crippen molar-refractivity contribution >= 4 is 63.9 Å². The lowest BCUT2D eigenvalue weighted by molar-refractivity contribution is 0.0934. The normalized spacial score (nSPS) is 10.0. The van der Waals surface area contributed by atoms with E-state index < -0.39 is 11.8 Å². The molecule has 0 aliphatic heterocycles. The summed E-state index contributed by atoms with van der Waals surface area (Å²) in [5, 5.41) is 3.21. The van der Waals surface area contributed by atoms with E-state index in [-0.39, 0.29) is 26.5 Å². The molecule has 0 radical (unpaired) electrons. The first-order valence-corrected chi connectivity index (χ1v) is 8.56. The fourth-order valence-corrected chi connectivity index (χ4v) is 2.77. The maximum atomic E-state index is 12.3. The van der Waals surface area contributed by atoms with E-state index in [0.29, 0.717) is 10.6 Å². The van der Waals surface area contributed by atoms with Gasteiger partial charge in [-0.15, -0.1) is 0 Å². The number of methoxy groups -OCH3 is 1. The first-order chi connectivity index (χ1) is 12.3. The topological polar surface area (TPSA) is 79.5 Å². The molecule has 2 aromatic carbocycles. The Kier molecular flexibility index (Phi) is 7.05. The second-order valence-electron chi connectivity index (χ2n) is 4.84. The summed E-state index contributed by atoms with van der Waals surface area (Å²) < 4.78 is 5.10. The van der Waals surface area contributed by atoms with E-state index in [9.17, 15) is 9.59 Å². The minimum atomic E-state index is -0.607. The molecule has 0 aliphatic rings. The Hall–Kier alpha value is -2.06. The lowest BCUT2D eigenvalue weighted by atomic mass is 10.2. The monoisotopic (exact) mass is 431 g/mol. The largest absolute Gasteiger partial charge is 0.494 e. The number of carbonyl (C=O) groups excluding carboxylic acids is 2. The maximum Gasteiger partial charge on any atom is 0.269 e. The zero-order valence-electron chi connectivity index (χ0n) is 13.2. The second-order valence-corrected chi connectivity index (χ2v) is 6.53. The number of nitrogens with one attached hydrogen (secondary N) is 3. The van der Waals surface area contributed by atoms with Crippen molar-refractivity contribution in [3.8, 4) is 5.75 Å². The van der Waals surface area contributed by atoms with Gasteiger partial charge in [0.25, 0.3) is 11.8 Å². The quantitative estimate of drug-likeness (QED) is 0.510. The third kappa shape index (κ3) is 5.22. The maximum absolute atomic E-state index is 12.3. The highest BCUT2D eigenvalue weighted by Gasteiger charge is 2.18. The van der Waals surface area contributed by atoms with Crippen LogP contribution in [0.3, 0.4) is 0 Å². The molecule has 2 rings (SSSR count). The SMILES string of the molecule is COc1c(Cl)cc(Cl)cc1C(=O)NC(=S)NNC(=O)c1ccc(Cl)cc1. The number of thiocarbonyl (C=S) groups is 1. The second kappa shape index (κ2) is 9.05. The van der Waals surface area contributed by atoms with Crippen LogP contribution in [0.5, 0.6) is 5.75 Å². The summed E-state index contributed by atoms with van der Waals surface area (Å²) in [6.07, 6.45) is 0. The molecule has 0 saturated carbocycles. The van der Waals surface area contributed by atoms with E-state index in [1.807, 2.05) is 0 Å². The Labute approximate surface area is 169 Å². The van der Waals surface area contributed by atoms with E-state index >= 15 is 0 Å². The zero-order chi connectivity index (χ0) is 19.3. The molecule has 0 atom stereocenters. The van der Waals surface area contributed by atoms with Gasteiger partial charge >= 0.3 is 0 Å². The van der Waals surface area contributed by atoms with Crippen molar-refractivity contribution in [2.75, 3.05) is 7.11 Å². The summed E-state index contributed by atoms with van der Waals surface area (Å²) in [4.78, 5) is 24.3. The summed E-state index contributed by atoms with van der Waals surface area (Å²) in [7, 11) is 1.37. The minimum absolute atomic E-state index is 0.0955. The van der Waals surface area contributed by atoms with E-state index in [1.165, 1.54) is 19.2 Å². The van der Waals surface area contributed by atoms with Crippen molar-refractivity contribution in [1.29, 1.82) is 0 Å². The first kappa shape index (κ1) is 20.3. The predicted molar refractivity (Wildman–Crippen MR) is 105 cm³/mol. The van der Waals surface area contributed by atoms with Gasteiger partial charge in [-0.3, -0.25) is 25.8 Å². The number of rotatable bonds is 3. The molecule has 2 amide bonds. The number of hydrogen-bond acceptors (Lipinski definition) is 4.